The molecular weight excluding hydrogens is 220 g/mol. The van der Waals surface area contributed by atoms with Crippen LogP contribution in [0.5, 0.6) is 0 Å². The Morgan fingerprint density at radius 3 is 2.65 bits per heavy atom. The van der Waals surface area contributed by atoms with Gasteiger partial charge in [0.25, 0.3) is 0 Å². The Bertz CT molecular complexity index is 421. The van der Waals surface area contributed by atoms with Crippen LogP contribution >= 0.6 is 0 Å². The highest BCUT2D eigenvalue weighted by Gasteiger charge is 2.26. The molecule has 0 spiro atoms. The van der Waals surface area contributed by atoms with Gasteiger partial charge >= 0.3 is 0 Å². The molecule has 0 aliphatic carbocycles. The first-order valence-electron chi connectivity index (χ1n) is 6.09. The van der Waals surface area contributed by atoms with Crippen LogP contribution in [0.25, 0.3) is 0 Å². The third kappa shape index (κ3) is 2.76. The van der Waals surface area contributed by atoms with E-state index in [0.29, 0.717) is 12.2 Å². The summed E-state index contributed by atoms with van der Waals surface area (Å²) in [7, 11) is 0. The van der Waals surface area contributed by atoms with E-state index in [1.54, 1.807) is 0 Å². The lowest BCUT2D eigenvalue weighted by Gasteiger charge is -2.20. The first-order chi connectivity index (χ1) is 7.87. The van der Waals surface area contributed by atoms with E-state index < -0.39 is 11.6 Å². The van der Waals surface area contributed by atoms with Crippen molar-refractivity contribution in [3.8, 4) is 0 Å². The quantitative estimate of drug-likeness (QED) is 0.811. The fourth-order valence-electron chi connectivity index (χ4n) is 2.30. The summed E-state index contributed by atoms with van der Waals surface area (Å²) >= 11 is 0. The number of benzene rings is 1. The maximum atomic E-state index is 13.5. The van der Waals surface area contributed by atoms with Crippen LogP contribution in [0.1, 0.15) is 45.1 Å². The topological polar surface area (TPSA) is 12.0 Å². The van der Waals surface area contributed by atoms with Gasteiger partial charge in [-0.25, -0.2) is 8.78 Å². The highest BCUT2D eigenvalue weighted by molar-refractivity contribution is 5.58. The number of halogens is 2. The predicted molar refractivity (Wildman–Crippen MR) is 66.3 cm³/mol. The molecule has 3 heteroatoms. The van der Waals surface area contributed by atoms with Gasteiger partial charge in [0.15, 0.2) is 0 Å². The number of nitrogens with one attached hydrogen (secondary N) is 1. The van der Waals surface area contributed by atoms with Crippen molar-refractivity contribution in [1.29, 1.82) is 0 Å². The van der Waals surface area contributed by atoms with Gasteiger partial charge in [0.05, 0.1) is 5.69 Å². The Morgan fingerprint density at radius 2 is 2.00 bits per heavy atom. The number of hydrogen-bond donors (Lipinski definition) is 1. The van der Waals surface area contributed by atoms with Crippen LogP contribution in [0.15, 0.2) is 12.1 Å². The van der Waals surface area contributed by atoms with E-state index in [2.05, 4.69) is 26.1 Å². The Hall–Kier alpha value is -1.12. The molecule has 1 nitrogen and oxygen atoms in total. The van der Waals surface area contributed by atoms with Crippen LogP contribution in [0, 0.1) is 17.0 Å². The highest BCUT2D eigenvalue weighted by Crippen LogP contribution is 2.38. The molecule has 1 heterocycles. The zero-order chi connectivity index (χ0) is 12.6. The monoisotopic (exact) mass is 239 g/mol. The molecule has 0 fully saturated rings. The van der Waals surface area contributed by atoms with E-state index in [4.69, 9.17) is 0 Å². The summed E-state index contributed by atoms with van der Waals surface area (Å²) in [5, 5.41) is 3.04. The van der Waals surface area contributed by atoms with Gasteiger partial charge in [-0.05, 0) is 29.9 Å². The van der Waals surface area contributed by atoms with Gasteiger partial charge in [-0.15, -0.1) is 0 Å². The van der Waals surface area contributed by atoms with E-state index in [9.17, 15) is 8.78 Å². The van der Waals surface area contributed by atoms with Gasteiger partial charge in [-0.2, -0.15) is 0 Å². The average molecular weight is 239 g/mol. The predicted octanol–water partition coefficient (Wildman–Crippen LogP) is 4.30. The fourth-order valence-corrected chi connectivity index (χ4v) is 2.30. The molecule has 1 atom stereocenters. The first kappa shape index (κ1) is 12.3. The van der Waals surface area contributed by atoms with Crippen molar-refractivity contribution in [2.24, 2.45) is 5.41 Å². The van der Waals surface area contributed by atoms with Crippen LogP contribution in [0.2, 0.25) is 0 Å². The normalized spacial score (nSPS) is 19.0. The molecule has 0 saturated carbocycles. The zero-order valence-electron chi connectivity index (χ0n) is 10.6. The lowest BCUT2D eigenvalue weighted by atomic mass is 9.85. The maximum absolute atomic E-state index is 13.5. The Kier molecular flexibility index (Phi) is 3.11. The Balaban J connectivity index is 2.16. The van der Waals surface area contributed by atoms with Gasteiger partial charge in [-0.3, -0.25) is 0 Å². The number of rotatable bonds is 2. The van der Waals surface area contributed by atoms with Crippen LogP contribution in [0.3, 0.4) is 0 Å². The average Bonchev–Trinajstić information content (AvgIpc) is 2.57. The summed E-state index contributed by atoms with van der Waals surface area (Å²) in [5.74, 6) is -0.724. The molecule has 1 N–H and O–H groups in total. The van der Waals surface area contributed by atoms with Gasteiger partial charge < -0.3 is 5.32 Å². The second-order valence-electron chi connectivity index (χ2n) is 6.03. The second kappa shape index (κ2) is 4.28. The number of anilines is 1. The van der Waals surface area contributed by atoms with Gasteiger partial charge in [0.1, 0.15) is 11.6 Å². The summed E-state index contributed by atoms with van der Waals surface area (Å²) in [4.78, 5) is 0. The van der Waals surface area contributed by atoms with Crippen molar-refractivity contribution < 1.29 is 8.78 Å². The Labute approximate surface area is 101 Å². The van der Waals surface area contributed by atoms with E-state index in [1.807, 2.05) is 0 Å². The minimum Gasteiger partial charge on any atom is -0.382 e. The maximum Gasteiger partial charge on any atom is 0.149 e. The molecule has 1 aromatic rings. The molecule has 1 unspecified atom stereocenters. The largest absolute Gasteiger partial charge is 0.382 e. The van der Waals surface area contributed by atoms with E-state index in [1.165, 1.54) is 6.07 Å². The molecular formula is C14H19F2N. The van der Waals surface area contributed by atoms with Crippen LogP contribution in [-0.2, 0) is 0 Å². The summed E-state index contributed by atoms with van der Waals surface area (Å²) in [6, 6.07) is 2.41. The third-order valence-corrected chi connectivity index (χ3v) is 3.29. The first-order valence-corrected chi connectivity index (χ1v) is 6.09. The molecule has 1 aliphatic heterocycles. The van der Waals surface area contributed by atoms with Gasteiger partial charge in [0.2, 0.25) is 0 Å². The standard InChI is InChI=1S/C14H19F2N/c1-14(2,3)5-4-9-8-17-13-11(9)6-10(15)7-12(13)16/h6-7,9,17H,4-5,8H2,1-3H3. The zero-order valence-corrected chi connectivity index (χ0v) is 10.6. The summed E-state index contributed by atoms with van der Waals surface area (Å²) in [6.45, 7) is 7.26. The van der Waals surface area contributed by atoms with Gasteiger partial charge in [-0.1, -0.05) is 20.8 Å². The van der Waals surface area contributed by atoms with Crippen LogP contribution in [-0.4, -0.2) is 6.54 Å². The lowest BCUT2D eigenvalue weighted by Crippen LogP contribution is -2.09. The highest BCUT2D eigenvalue weighted by atomic mass is 19.1. The van der Waals surface area contributed by atoms with Gasteiger partial charge in [0, 0.05) is 18.5 Å². The number of fused-ring (bicyclic) bond motifs is 1. The molecule has 1 aromatic carbocycles. The summed E-state index contributed by atoms with van der Waals surface area (Å²) in [6.07, 6.45) is 2.02. The van der Waals surface area contributed by atoms with Crippen molar-refractivity contribution in [3.05, 3.63) is 29.3 Å². The molecule has 0 aromatic heterocycles. The summed E-state index contributed by atoms with van der Waals surface area (Å²) in [5.41, 5.74) is 1.55. The van der Waals surface area contributed by atoms with E-state index in [-0.39, 0.29) is 11.3 Å². The smallest absolute Gasteiger partial charge is 0.149 e. The van der Waals surface area contributed by atoms with E-state index in [0.717, 1.165) is 24.5 Å². The molecule has 1 aliphatic rings. The Morgan fingerprint density at radius 1 is 1.29 bits per heavy atom. The van der Waals surface area contributed by atoms with Crippen molar-refractivity contribution in [2.75, 3.05) is 11.9 Å². The third-order valence-electron chi connectivity index (χ3n) is 3.29. The second-order valence-corrected chi connectivity index (χ2v) is 6.03. The molecule has 2 rings (SSSR count). The molecule has 17 heavy (non-hydrogen) atoms. The van der Waals surface area contributed by atoms with Crippen LogP contribution in [0.4, 0.5) is 14.5 Å². The fraction of sp³-hybridized carbons (Fsp3) is 0.571. The lowest BCUT2D eigenvalue weighted by molar-refractivity contribution is 0.352. The molecule has 0 radical (unpaired) electrons. The van der Waals surface area contributed by atoms with Crippen molar-refractivity contribution in [2.45, 2.75) is 39.5 Å². The summed E-state index contributed by atoms with van der Waals surface area (Å²) < 4.78 is 26.7. The molecule has 0 amide bonds. The van der Waals surface area contributed by atoms with Crippen LogP contribution < -0.4 is 5.32 Å². The number of hydrogen-bond acceptors (Lipinski definition) is 1. The van der Waals surface area contributed by atoms with E-state index >= 15 is 0 Å². The minimum absolute atomic E-state index is 0.231. The molecule has 0 saturated heterocycles. The van der Waals surface area contributed by atoms with Crippen molar-refractivity contribution in [1.82, 2.24) is 0 Å². The minimum atomic E-state index is -0.481. The molecule has 0 bridgehead atoms. The molecule has 94 valence electrons. The van der Waals surface area contributed by atoms with Crippen molar-refractivity contribution in [3.63, 3.8) is 0 Å². The SMILES string of the molecule is CC(C)(C)CCC1CNc2c(F)cc(F)cc21. The van der Waals surface area contributed by atoms with Crippen molar-refractivity contribution >= 4 is 5.69 Å².